The minimum atomic E-state index is -0.429. The summed E-state index contributed by atoms with van der Waals surface area (Å²) in [6.45, 7) is 8.22. The number of aromatic amines is 1. The summed E-state index contributed by atoms with van der Waals surface area (Å²) in [5.74, 6) is 0. The van der Waals surface area contributed by atoms with Gasteiger partial charge in [0.2, 0.25) is 0 Å². The van der Waals surface area contributed by atoms with E-state index in [0.717, 1.165) is 27.6 Å². The quantitative estimate of drug-likeness (QED) is 0.668. The number of H-pyrrole nitrogens is 1. The van der Waals surface area contributed by atoms with Crippen molar-refractivity contribution in [3.63, 3.8) is 0 Å². The first-order chi connectivity index (χ1) is 12.7. The van der Waals surface area contributed by atoms with Crippen molar-refractivity contribution in [2.45, 2.75) is 44.9 Å². The molecule has 3 aromatic rings. The summed E-state index contributed by atoms with van der Waals surface area (Å²) in [4.78, 5) is 3.48. The topological polar surface area (TPSA) is 60.3 Å². The SMILES string of the molecule is CC1(C)OB(c2cccc3cc([C@H](N)c4ccccc4Cl)[nH]c23)OC1(C)C. The van der Waals surface area contributed by atoms with E-state index in [-0.39, 0.29) is 17.2 Å². The van der Waals surface area contributed by atoms with E-state index in [4.69, 9.17) is 26.6 Å². The Kier molecular flexibility index (Phi) is 4.39. The molecule has 140 valence electrons. The number of nitrogens with two attached hydrogens (primary N) is 1. The molecule has 4 nitrogen and oxygen atoms in total. The molecule has 1 aliphatic heterocycles. The number of benzene rings is 2. The van der Waals surface area contributed by atoms with Crippen molar-refractivity contribution in [2.24, 2.45) is 5.73 Å². The molecule has 0 amide bonds. The summed E-state index contributed by atoms with van der Waals surface area (Å²) in [5.41, 5.74) is 9.47. The Morgan fingerprint density at radius 2 is 1.67 bits per heavy atom. The lowest BCUT2D eigenvalue weighted by Crippen LogP contribution is -2.41. The first-order valence-corrected chi connectivity index (χ1v) is 9.54. The van der Waals surface area contributed by atoms with E-state index in [2.05, 4.69) is 44.8 Å². The van der Waals surface area contributed by atoms with Gasteiger partial charge in [-0.05, 0) is 50.8 Å². The Balaban J connectivity index is 1.75. The predicted molar refractivity (Wildman–Crippen MR) is 111 cm³/mol. The molecule has 0 spiro atoms. The summed E-state index contributed by atoms with van der Waals surface area (Å²) in [6, 6.07) is 15.5. The van der Waals surface area contributed by atoms with Crippen LogP contribution in [0.5, 0.6) is 0 Å². The number of para-hydroxylation sites is 1. The number of nitrogens with one attached hydrogen (secondary N) is 1. The van der Waals surface area contributed by atoms with Crippen LogP contribution < -0.4 is 11.2 Å². The van der Waals surface area contributed by atoms with Crippen molar-refractivity contribution in [1.82, 2.24) is 4.98 Å². The second-order valence-electron chi connectivity index (χ2n) is 8.12. The minimum absolute atomic E-state index is 0.336. The second kappa shape index (κ2) is 6.38. The van der Waals surface area contributed by atoms with Gasteiger partial charge in [0, 0.05) is 21.7 Å². The number of aromatic nitrogens is 1. The summed E-state index contributed by atoms with van der Waals surface area (Å²) in [7, 11) is -0.429. The third kappa shape index (κ3) is 3.09. The average Bonchev–Trinajstić information content (AvgIpc) is 3.13. The molecule has 27 heavy (non-hydrogen) atoms. The Bertz CT molecular complexity index is 983. The van der Waals surface area contributed by atoms with E-state index in [1.54, 1.807) is 0 Å². The zero-order chi connectivity index (χ0) is 19.4. The first kappa shape index (κ1) is 18.6. The van der Waals surface area contributed by atoms with Crippen molar-refractivity contribution >= 4 is 35.1 Å². The number of halogens is 1. The van der Waals surface area contributed by atoms with Crippen LogP contribution in [0.1, 0.15) is 45.0 Å². The summed E-state index contributed by atoms with van der Waals surface area (Å²) in [5, 5.41) is 1.73. The molecule has 0 aliphatic carbocycles. The zero-order valence-corrected chi connectivity index (χ0v) is 16.8. The fraction of sp³-hybridized carbons (Fsp3) is 0.333. The Hall–Kier alpha value is -1.79. The van der Waals surface area contributed by atoms with Crippen molar-refractivity contribution in [3.05, 3.63) is 64.8 Å². The van der Waals surface area contributed by atoms with Crippen LogP contribution in [0.4, 0.5) is 0 Å². The lowest BCUT2D eigenvalue weighted by atomic mass is 9.78. The smallest absolute Gasteiger partial charge is 0.399 e. The molecule has 1 aromatic heterocycles. The number of rotatable bonds is 3. The van der Waals surface area contributed by atoms with Gasteiger partial charge in [-0.25, -0.2) is 0 Å². The molecule has 2 heterocycles. The molecular formula is C21H24BClN2O2. The van der Waals surface area contributed by atoms with Crippen molar-refractivity contribution in [1.29, 1.82) is 0 Å². The molecule has 0 saturated carbocycles. The third-order valence-electron chi connectivity index (χ3n) is 5.79. The molecule has 1 atom stereocenters. The summed E-state index contributed by atoms with van der Waals surface area (Å²) < 4.78 is 12.5. The highest BCUT2D eigenvalue weighted by atomic mass is 35.5. The lowest BCUT2D eigenvalue weighted by molar-refractivity contribution is 0.00578. The van der Waals surface area contributed by atoms with Gasteiger partial charge >= 0.3 is 7.12 Å². The largest absolute Gasteiger partial charge is 0.497 e. The van der Waals surface area contributed by atoms with Gasteiger partial charge in [0.15, 0.2) is 0 Å². The standard InChI is InChI=1S/C21H24BClN2O2/c1-20(2)21(3,4)27-22(26-20)15-10-7-8-13-12-17(25-19(13)15)18(24)14-9-5-6-11-16(14)23/h5-12,18,25H,24H2,1-4H3/t18-/m1/s1. The van der Waals surface area contributed by atoms with Crippen LogP contribution in [-0.4, -0.2) is 23.3 Å². The Morgan fingerprint density at radius 1 is 1.00 bits per heavy atom. The highest BCUT2D eigenvalue weighted by molar-refractivity contribution is 6.65. The van der Waals surface area contributed by atoms with Crippen LogP contribution in [0, 0.1) is 0 Å². The maximum Gasteiger partial charge on any atom is 0.497 e. The molecule has 0 bridgehead atoms. The summed E-state index contributed by atoms with van der Waals surface area (Å²) >= 11 is 6.33. The van der Waals surface area contributed by atoms with E-state index < -0.39 is 7.12 Å². The van der Waals surface area contributed by atoms with Gasteiger partial charge in [0.1, 0.15) is 0 Å². The van der Waals surface area contributed by atoms with Gasteiger partial charge in [0.05, 0.1) is 17.2 Å². The molecule has 1 saturated heterocycles. The van der Waals surface area contributed by atoms with Gasteiger partial charge < -0.3 is 20.0 Å². The van der Waals surface area contributed by atoms with Crippen molar-refractivity contribution in [3.8, 4) is 0 Å². The van der Waals surface area contributed by atoms with Crippen LogP contribution >= 0.6 is 11.6 Å². The number of hydrogen-bond acceptors (Lipinski definition) is 3. The van der Waals surface area contributed by atoms with Crippen LogP contribution in [0.15, 0.2) is 48.5 Å². The van der Waals surface area contributed by atoms with Crippen LogP contribution in [-0.2, 0) is 9.31 Å². The highest BCUT2D eigenvalue weighted by Crippen LogP contribution is 2.37. The fourth-order valence-electron chi connectivity index (χ4n) is 3.43. The van der Waals surface area contributed by atoms with E-state index in [0.29, 0.717) is 5.02 Å². The minimum Gasteiger partial charge on any atom is -0.399 e. The van der Waals surface area contributed by atoms with E-state index >= 15 is 0 Å². The number of fused-ring (bicyclic) bond motifs is 1. The highest BCUT2D eigenvalue weighted by Gasteiger charge is 2.52. The maximum atomic E-state index is 6.49. The normalized spacial score (nSPS) is 19.6. The fourth-order valence-corrected chi connectivity index (χ4v) is 3.68. The Labute approximate surface area is 165 Å². The van der Waals surface area contributed by atoms with Gasteiger partial charge in [-0.1, -0.05) is 48.0 Å². The lowest BCUT2D eigenvalue weighted by Gasteiger charge is -2.32. The van der Waals surface area contributed by atoms with Crippen LogP contribution in [0.2, 0.25) is 5.02 Å². The molecule has 6 heteroatoms. The van der Waals surface area contributed by atoms with E-state index in [9.17, 15) is 0 Å². The van der Waals surface area contributed by atoms with Gasteiger partial charge in [0.25, 0.3) is 0 Å². The second-order valence-corrected chi connectivity index (χ2v) is 8.53. The van der Waals surface area contributed by atoms with Crippen LogP contribution in [0.3, 0.4) is 0 Å². The zero-order valence-electron chi connectivity index (χ0n) is 16.0. The number of hydrogen-bond donors (Lipinski definition) is 2. The molecule has 1 fully saturated rings. The molecule has 1 aliphatic rings. The first-order valence-electron chi connectivity index (χ1n) is 9.17. The molecule has 3 N–H and O–H groups in total. The van der Waals surface area contributed by atoms with Crippen LogP contribution in [0.25, 0.3) is 10.9 Å². The predicted octanol–water partition coefficient (Wildman–Crippen LogP) is 4.17. The molecular weight excluding hydrogens is 359 g/mol. The van der Waals surface area contributed by atoms with E-state index in [1.807, 2.05) is 36.4 Å². The molecule has 0 radical (unpaired) electrons. The van der Waals surface area contributed by atoms with Gasteiger partial charge in [-0.3, -0.25) is 0 Å². The van der Waals surface area contributed by atoms with E-state index in [1.165, 1.54) is 0 Å². The molecule has 4 rings (SSSR count). The Morgan fingerprint density at radius 3 is 2.33 bits per heavy atom. The monoisotopic (exact) mass is 382 g/mol. The third-order valence-corrected chi connectivity index (χ3v) is 6.14. The van der Waals surface area contributed by atoms with Gasteiger partial charge in [-0.15, -0.1) is 0 Å². The summed E-state index contributed by atoms with van der Waals surface area (Å²) in [6.07, 6.45) is 0. The van der Waals surface area contributed by atoms with Crippen molar-refractivity contribution < 1.29 is 9.31 Å². The molecule has 0 unspecified atom stereocenters. The van der Waals surface area contributed by atoms with Gasteiger partial charge in [-0.2, -0.15) is 0 Å². The molecule has 2 aromatic carbocycles. The average molecular weight is 383 g/mol. The maximum absolute atomic E-state index is 6.49. The van der Waals surface area contributed by atoms with Crippen molar-refractivity contribution in [2.75, 3.05) is 0 Å².